The van der Waals surface area contributed by atoms with E-state index in [1.54, 1.807) is 14.2 Å². The molecular formula is C24H26N4O2. The van der Waals surface area contributed by atoms with E-state index >= 15 is 0 Å². The fourth-order valence-electron chi connectivity index (χ4n) is 3.89. The lowest BCUT2D eigenvalue weighted by Crippen LogP contribution is -2.03. The Morgan fingerprint density at radius 3 is 2.43 bits per heavy atom. The minimum absolute atomic E-state index is 0.302. The monoisotopic (exact) mass is 402 g/mol. The lowest BCUT2D eigenvalue weighted by Gasteiger charge is -2.10. The molecule has 6 nitrogen and oxygen atoms in total. The maximum Gasteiger partial charge on any atom is 0.222 e. The molecule has 0 saturated carbocycles. The number of methoxy groups -OCH3 is 2. The van der Waals surface area contributed by atoms with Crippen LogP contribution in [0.4, 0.5) is 5.95 Å². The van der Waals surface area contributed by atoms with Gasteiger partial charge in [0.1, 0.15) is 17.1 Å². The maximum absolute atomic E-state index is 5.96. The molecule has 2 heterocycles. The fourth-order valence-corrected chi connectivity index (χ4v) is 3.89. The Labute approximate surface area is 176 Å². The summed E-state index contributed by atoms with van der Waals surface area (Å²) in [6, 6.07) is 16.3. The van der Waals surface area contributed by atoms with Gasteiger partial charge in [0.25, 0.3) is 0 Å². The van der Waals surface area contributed by atoms with Crippen molar-refractivity contribution in [1.82, 2.24) is 14.5 Å². The lowest BCUT2D eigenvalue weighted by molar-refractivity contribution is 0.391. The van der Waals surface area contributed by atoms with Crippen LogP contribution in [0.5, 0.6) is 11.5 Å². The zero-order valence-corrected chi connectivity index (χ0v) is 17.6. The zero-order chi connectivity index (χ0) is 21.1. The maximum atomic E-state index is 5.96. The van der Waals surface area contributed by atoms with Gasteiger partial charge in [0.2, 0.25) is 5.95 Å². The van der Waals surface area contributed by atoms with Gasteiger partial charge in [-0.05, 0) is 42.5 Å². The normalized spacial score (nSPS) is 11.0. The minimum atomic E-state index is 0.302. The third-order valence-corrected chi connectivity index (χ3v) is 5.35. The van der Waals surface area contributed by atoms with Crippen LogP contribution < -0.4 is 15.2 Å². The Balaban J connectivity index is 1.69. The first-order chi connectivity index (χ1) is 14.6. The van der Waals surface area contributed by atoms with Crippen LogP contribution in [0.3, 0.4) is 0 Å². The van der Waals surface area contributed by atoms with Crippen LogP contribution in [0.15, 0.2) is 54.7 Å². The molecule has 0 aliphatic heterocycles. The van der Waals surface area contributed by atoms with E-state index in [-0.39, 0.29) is 0 Å². The molecule has 2 aromatic carbocycles. The number of nitrogens with two attached hydrogens (primary N) is 1. The van der Waals surface area contributed by atoms with E-state index in [4.69, 9.17) is 15.2 Å². The van der Waals surface area contributed by atoms with Crippen LogP contribution in [-0.2, 0) is 19.4 Å². The largest absolute Gasteiger partial charge is 0.497 e. The van der Waals surface area contributed by atoms with E-state index in [0.717, 1.165) is 53.2 Å². The zero-order valence-electron chi connectivity index (χ0n) is 17.6. The van der Waals surface area contributed by atoms with Crippen molar-refractivity contribution in [1.29, 1.82) is 0 Å². The lowest BCUT2D eigenvalue weighted by atomic mass is 10.0. The fraction of sp³-hybridized carbons (Fsp3) is 0.250. The number of rotatable bonds is 7. The van der Waals surface area contributed by atoms with Crippen LogP contribution in [0, 0.1) is 6.92 Å². The second-order valence-corrected chi connectivity index (χ2v) is 7.31. The molecule has 0 unspecified atom stereocenters. The number of hydrogen-bond acceptors (Lipinski definition) is 5. The predicted molar refractivity (Wildman–Crippen MR) is 119 cm³/mol. The molecule has 0 atom stereocenters. The molecule has 0 aliphatic rings. The number of ether oxygens (including phenoxy) is 2. The van der Waals surface area contributed by atoms with E-state index in [0.29, 0.717) is 5.95 Å². The number of anilines is 1. The van der Waals surface area contributed by atoms with Crippen molar-refractivity contribution in [3.63, 3.8) is 0 Å². The predicted octanol–water partition coefficient (Wildman–Crippen LogP) is 4.17. The summed E-state index contributed by atoms with van der Waals surface area (Å²) in [6.45, 7) is 2.73. The number of benzene rings is 2. The van der Waals surface area contributed by atoms with Gasteiger partial charge in [0.05, 0.1) is 19.9 Å². The van der Waals surface area contributed by atoms with Crippen LogP contribution in [0.25, 0.3) is 11.0 Å². The van der Waals surface area contributed by atoms with Crippen molar-refractivity contribution >= 4 is 17.0 Å². The Morgan fingerprint density at radius 2 is 1.70 bits per heavy atom. The van der Waals surface area contributed by atoms with Gasteiger partial charge in [-0.25, -0.2) is 4.98 Å². The minimum Gasteiger partial charge on any atom is -0.497 e. The van der Waals surface area contributed by atoms with Crippen LogP contribution in [-0.4, -0.2) is 28.8 Å². The smallest absolute Gasteiger partial charge is 0.222 e. The molecular weight excluding hydrogens is 376 g/mol. The number of fused-ring (bicyclic) bond motifs is 1. The molecule has 6 heteroatoms. The van der Waals surface area contributed by atoms with Gasteiger partial charge in [-0.15, -0.1) is 0 Å². The van der Waals surface area contributed by atoms with Crippen molar-refractivity contribution < 1.29 is 9.47 Å². The molecule has 4 rings (SSSR count). The Hall–Kier alpha value is -3.54. The van der Waals surface area contributed by atoms with Gasteiger partial charge in [-0.3, -0.25) is 0 Å². The second kappa shape index (κ2) is 8.45. The third kappa shape index (κ3) is 3.94. The summed E-state index contributed by atoms with van der Waals surface area (Å²) >= 11 is 0. The Bertz CT molecular complexity index is 1170. The molecule has 2 aromatic heterocycles. The standard InChI is InChI=1S/C24H26N4O2/c1-16-22-19(10-9-18-11-12-20(29-2)13-21(18)30-3)15-28(23(22)27-24(25)26-16)14-17-7-5-4-6-8-17/h4-8,11-13,15H,9-10,14H2,1-3H3,(H2,25,26,27). The van der Waals surface area contributed by atoms with E-state index in [2.05, 4.69) is 38.9 Å². The molecule has 4 aromatic rings. The highest BCUT2D eigenvalue weighted by Crippen LogP contribution is 2.29. The molecule has 154 valence electrons. The van der Waals surface area contributed by atoms with Crippen molar-refractivity contribution in [2.45, 2.75) is 26.3 Å². The number of hydrogen-bond donors (Lipinski definition) is 1. The molecule has 2 N–H and O–H groups in total. The molecule has 0 spiro atoms. The van der Waals surface area contributed by atoms with Gasteiger partial charge in [-0.2, -0.15) is 4.98 Å². The van der Waals surface area contributed by atoms with Crippen molar-refractivity contribution in [2.75, 3.05) is 20.0 Å². The van der Waals surface area contributed by atoms with E-state index in [1.807, 2.05) is 37.3 Å². The first-order valence-corrected chi connectivity index (χ1v) is 9.95. The van der Waals surface area contributed by atoms with Gasteiger partial charge >= 0.3 is 0 Å². The van der Waals surface area contributed by atoms with Gasteiger partial charge < -0.3 is 19.8 Å². The molecule has 0 amide bonds. The summed E-state index contributed by atoms with van der Waals surface area (Å²) in [5.74, 6) is 1.92. The van der Waals surface area contributed by atoms with Crippen LogP contribution in [0.2, 0.25) is 0 Å². The third-order valence-electron chi connectivity index (χ3n) is 5.35. The van der Waals surface area contributed by atoms with Crippen LogP contribution >= 0.6 is 0 Å². The average Bonchev–Trinajstić information content (AvgIpc) is 3.10. The van der Waals surface area contributed by atoms with E-state index in [1.165, 1.54) is 11.1 Å². The Kier molecular flexibility index (Phi) is 5.57. The number of aromatic nitrogens is 3. The highest BCUT2D eigenvalue weighted by atomic mass is 16.5. The van der Waals surface area contributed by atoms with E-state index < -0.39 is 0 Å². The number of nitrogens with zero attached hydrogens (tertiary/aromatic N) is 3. The SMILES string of the molecule is COc1ccc(CCc2cn(Cc3ccccc3)c3nc(N)nc(C)c23)c(OC)c1. The summed E-state index contributed by atoms with van der Waals surface area (Å²) in [5, 5.41) is 1.08. The van der Waals surface area contributed by atoms with Crippen LogP contribution in [0.1, 0.15) is 22.4 Å². The quantitative estimate of drug-likeness (QED) is 0.502. The van der Waals surface area contributed by atoms with Gasteiger partial charge in [0, 0.05) is 24.2 Å². The van der Waals surface area contributed by atoms with Gasteiger partial charge in [0.15, 0.2) is 0 Å². The Morgan fingerprint density at radius 1 is 0.933 bits per heavy atom. The molecule has 0 fully saturated rings. The number of nitrogen functional groups attached to an aromatic ring is 1. The van der Waals surface area contributed by atoms with Crippen molar-refractivity contribution in [3.05, 3.63) is 77.1 Å². The second-order valence-electron chi connectivity index (χ2n) is 7.31. The molecule has 0 saturated heterocycles. The topological polar surface area (TPSA) is 75.2 Å². The van der Waals surface area contributed by atoms with E-state index in [9.17, 15) is 0 Å². The highest BCUT2D eigenvalue weighted by molar-refractivity contribution is 5.84. The first-order valence-electron chi connectivity index (χ1n) is 9.95. The molecule has 30 heavy (non-hydrogen) atoms. The van der Waals surface area contributed by atoms with Crippen molar-refractivity contribution in [2.24, 2.45) is 0 Å². The molecule has 0 aliphatic carbocycles. The number of aryl methyl sites for hydroxylation is 3. The average molecular weight is 402 g/mol. The molecule has 0 bridgehead atoms. The summed E-state index contributed by atoms with van der Waals surface area (Å²) in [5.41, 5.74) is 11.3. The summed E-state index contributed by atoms with van der Waals surface area (Å²) < 4.78 is 13.0. The summed E-state index contributed by atoms with van der Waals surface area (Å²) in [6.07, 6.45) is 3.85. The first kappa shape index (κ1) is 19.8. The highest BCUT2D eigenvalue weighted by Gasteiger charge is 2.15. The summed E-state index contributed by atoms with van der Waals surface area (Å²) in [4.78, 5) is 8.96. The van der Waals surface area contributed by atoms with Crippen molar-refractivity contribution in [3.8, 4) is 11.5 Å². The molecule has 0 radical (unpaired) electrons. The van der Waals surface area contributed by atoms with Gasteiger partial charge in [-0.1, -0.05) is 36.4 Å². The summed E-state index contributed by atoms with van der Waals surface area (Å²) in [7, 11) is 3.34.